The minimum atomic E-state index is -0.0778. The molecule has 4 aromatic carbocycles. The van der Waals surface area contributed by atoms with Crippen LogP contribution in [0.3, 0.4) is 0 Å². The van der Waals surface area contributed by atoms with Crippen LogP contribution >= 0.6 is 0 Å². The molecule has 31 heavy (non-hydrogen) atoms. The van der Waals surface area contributed by atoms with E-state index in [1.807, 2.05) is 78.9 Å². The van der Waals surface area contributed by atoms with E-state index in [0.717, 1.165) is 39.5 Å². The van der Waals surface area contributed by atoms with Crippen LogP contribution in [0.1, 0.15) is 22.6 Å². The van der Waals surface area contributed by atoms with Crippen molar-refractivity contribution in [1.82, 2.24) is 0 Å². The van der Waals surface area contributed by atoms with Gasteiger partial charge in [-0.2, -0.15) is 10.2 Å². The van der Waals surface area contributed by atoms with E-state index in [9.17, 15) is 0 Å². The Morgan fingerprint density at radius 1 is 0.452 bits per heavy atom. The maximum atomic E-state index is 4.86. The zero-order valence-corrected chi connectivity index (χ0v) is 16.9. The van der Waals surface area contributed by atoms with Crippen molar-refractivity contribution in [3.63, 3.8) is 0 Å². The molecule has 0 aliphatic heterocycles. The third-order valence-electron chi connectivity index (χ3n) is 5.32. The molecule has 4 aromatic rings. The molecular weight excluding hydrogens is 380 g/mol. The van der Waals surface area contributed by atoms with E-state index in [4.69, 9.17) is 10.2 Å². The average Bonchev–Trinajstić information content (AvgIpc) is 3.16. The van der Waals surface area contributed by atoms with Crippen LogP contribution in [-0.4, -0.2) is 11.4 Å². The van der Waals surface area contributed by atoms with Crippen molar-refractivity contribution in [1.29, 1.82) is 0 Å². The van der Waals surface area contributed by atoms with Crippen molar-refractivity contribution in [2.45, 2.75) is 5.92 Å². The topological polar surface area (TPSA) is 48.8 Å². The molecule has 1 aliphatic rings. The van der Waals surface area contributed by atoms with E-state index in [1.165, 1.54) is 0 Å². The SMILES string of the molecule is c1ccc(N/N=C2/c3ccccc3/C(=N/Nc3ccccc3)C2c2ccccc2)cc1. The number of nitrogens with one attached hydrogen (secondary N) is 2. The Morgan fingerprint density at radius 3 is 1.29 bits per heavy atom. The van der Waals surface area contributed by atoms with Gasteiger partial charge in [-0.3, -0.25) is 10.9 Å². The summed E-state index contributed by atoms with van der Waals surface area (Å²) in [4.78, 5) is 0. The van der Waals surface area contributed by atoms with Crippen molar-refractivity contribution < 1.29 is 0 Å². The van der Waals surface area contributed by atoms with Crippen molar-refractivity contribution >= 4 is 22.8 Å². The van der Waals surface area contributed by atoms with Gasteiger partial charge in [0.25, 0.3) is 0 Å². The monoisotopic (exact) mass is 402 g/mol. The summed E-state index contributed by atoms with van der Waals surface area (Å²) in [6.45, 7) is 0. The molecule has 0 spiro atoms. The molecule has 0 fully saturated rings. The molecule has 4 heteroatoms. The van der Waals surface area contributed by atoms with E-state index >= 15 is 0 Å². The quantitative estimate of drug-likeness (QED) is 0.395. The lowest BCUT2D eigenvalue weighted by Gasteiger charge is -2.14. The van der Waals surface area contributed by atoms with E-state index in [0.29, 0.717) is 0 Å². The average molecular weight is 403 g/mol. The van der Waals surface area contributed by atoms with Crippen LogP contribution < -0.4 is 10.9 Å². The smallest absolute Gasteiger partial charge is 0.0821 e. The van der Waals surface area contributed by atoms with Crippen LogP contribution in [0.5, 0.6) is 0 Å². The molecule has 0 bridgehead atoms. The second kappa shape index (κ2) is 8.67. The number of rotatable bonds is 5. The summed E-state index contributed by atoms with van der Waals surface area (Å²) >= 11 is 0. The van der Waals surface area contributed by atoms with E-state index in [1.54, 1.807) is 0 Å². The van der Waals surface area contributed by atoms with E-state index in [2.05, 4.69) is 47.2 Å². The lowest BCUT2D eigenvalue weighted by molar-refractivity contribution is 1.17. The maximum Gasteiger partial charge on any atom is 0.0821 e. The number of hydrogen-bond acceptors (Lipinski definition) is 4. The second-order valence-electron chi connectivity index (χ2n) is 7.34. The van der Waals surface area contributed by atoms with Gasteiger partial charge < -0.3 is 0 Å². The van der Waals surface area contributed by atoms with Crippen LogP contribution in [0.4, 0.5) is 11.4 Å². The molecule has 0 atom stereocenters. The third kappa shape index (κ3) is 3.96. The minimum absolute atomic E-state index is 0.0778. The molecule has 0 saturated heterocycles. The zero-order valence-electron chi connectivity index (χ0n) is 16.9. The van der Waals surface area contributed by atoms with Gasteiger partial charge in [-0.15, -0.1) is 0 Å². The summed E-state index contributed by atoms with van der Waals surface area (Å²) in [5, 5.41) is 9.71. The fourth-order valence-corrected chi connectivity index (χ4v) is 3.86. The number of nitrogens with zero attached hydrogens (tertiary/aromatic N) is 2. The summed E-state index contributed by atoms with van der Waals surface area (Å²) in [7, 11) is 0. The highest BCUT2D eigenvalue weighted by Gasteiger charge is 2.36. The Balaban J connectivity index is 1.61. The first-order valence-electron chi connectivity index (χ1n) is 10.3. The summed E-state index contributed by atoms with van der Waals surface area (Å²) in [5.74, 6) is -0.0778. The standard InChI is InChI=1S/C27H22N4/c1-4-12-20(13-5-1)25-26(30-28-21-14-6-2-7-15-21)23-18-10-11-19-24(23)27(25)31-29-22-16-8-3-9-17-22/h1-19,25,28-29H/b30-26-,31-27-. The Kier molecular flexibility index (Phi) is 5.27. The number of para-hydroxylation sites is 2. The van der Waals surface area contributed by atoms with Crippen molar-refractivity contribution in [2.75, 3.05) is 10.9 Å². The Morgan fingerprint density at radius 2 is 0.839 bits per heavy atom. The Hall–Kier alpha value is -4.18. The molecule has 0 radical (unpaired) electrons. The first kappa shape index (κ1) is 18.8. The third-order valence-corrected chi connectivity index (χ3v) is 5.32. The van der Waals surface area contributed by atoms with E-state index in [-0.39, 0.29) is 5.92 Å². The first-order chi connectivity index (χ1) is 15.4. The molecular formula is C27H22N4. The number of benzene rings is 4. The lowest BCUT2D eigenvalue weighted by Crippen LogP contribution is -2.17. The minimum Gasteiger partial charge on any atom is -0.278 e. The number of hydrogen-bond donors (Lipinski definition) is 2. The van der Waals surface area contributed by atoms with Gasteiger partial charge in [-0.25, -0.2) is 0 Å². The summed E-state index contributed by atoms with van der Waals surface area (Å²) in [6.07, 6.45) is 0. The molecule has 0 heterocycles. The predicted octanol–water partition coefficient (Wildman–Crippen LogP) is 6.12. The Bertz CT molecular complexity index is 1140. The highest BCUT2D eigenvalue weighted by molar-refractivity contribution is 6.33. The highest BCUT2D eigenvalue weighted by atomic mass is 15.3. The Labute approximate surface area is 182 Å². The predicted molar refractivity (Wildman–Crippen MR) is 129 cm³/mol. The van der Waals surface area contributed by atoms with Crippen molar-refractivity contribution in [2.24, 2.45) is 10.2 Å². The summed E-state index contributed by atoms with van der Waals surface area (Å²) in [5.41, 5.74) is 13.6. The van der Waals surface area contributed by atoms with Crippen LogP contribution in [0.15, 0.2) is 125 Å². The van der Waals surface area contributed by atoms with Gasteiger partial charge in [0.1, 0.15) is 0 Å². The van der Waals surface area contributed by atoms with Gasteiger partial charge in [-0.1, -0.05) is 91.0 Å². The fourth-order valence-electron chi connectivity index (χ4n) is 3.86. The molecule has 4 nitrogen and oxygen atoms in total. The van der Waals surface area contributed by atoms with Crippen molar-refractivity contribution in [3.8, 4) is 0 Å². The molecule has 0 saturated carbocycles. The molecule has 1 aliphatic carbocycles. The van der Waals surface area contributed by atoms with Crippen LogP contribution in [0.2, 0.25) is 0 Å². The van der Waals surface area contributed by atoms with Gasteiger partial charge in [0.15, 0.2) is 0 Å². The molecule has 2 N–H and O–H groups in total. The lowest BCUT2D eigenvalue weighted by atomic mass is 9.93. The number of hydrazone groups is 2. The van der Waals surface area contributed by atoms with Gasteiger partial charge in [0.05, 0.1) is 28.7 Å². The number of fused-ring (bicyclic) bond motifs is 1. The molecule has 150 valence electrons. The zero-order chi connectivity index (χ0) is 20.9. The molecule has 5 rings (SSSR count). The highest BCUT2D eigenvalue weighted by Crippen LogP contribution is 2.35. The first-order valence-corrected chi connectivity index (χ1v) is 10.3. The van der Waals surface area contributed by atoms with E-state index < -0.39 is 0 Å². The largest absolute Gasteiger partial charge is 0.278 e. The van der Waals surface area contributed by atoms with Gasteiger partial charge in [0.2, 0.25) is 0 Å². The normalized spacial score (nSPS) is 15.7. The van der Waals surface area contributed by atoms with Gasteiger partial charge in [0, 0.05) is 11.1 Å². The van der Waals surface area contributed by atoms with Gasteiger partial charge >= 0.3 is 0 Å². The molecule has 0 unspecified atom stereocenters. The molecule has 0 amide bonds. The van der Waals surface area contributed by atoms with Crippen molar-refractivity contribution in [3.05, 3.63) is 132 Å². The van der Waals surface area contributed by atoms with Crippen LogP contribution in [0, 0.1) is 0 Å². The number of anilines is 2. The van der Waals surface area contributed by atoms with Gasteiger partial charge in [-0.05, 0) is 29.8 Å². The summed E-state index contributed by atoms with van der Waals surface area (Å²) in [6, 6.07) is 38.7. The summed E-state index contributed by atoms with van der Waals surface area (Å²) < 4.78 is 0. The molecule has 0 aromatic heterocycles. The fraction of sp³-hybridized carbons (Fsp3) is 0.0370. The van der Waals surface area contributed by atoms with Crippen LogP contribution in [-0.2, 0) is 0 Å². The second-order valence-corrected chi connectivity index (χ2v) is 7.34. The van der Waals surface area contributed by atoms with Crippen LogP contribution in [0.25, 0.3) is 0 Å². The maximum absolute atomic E-state index is 4.86.